The van der Waals surface area contributed by atoms with E-state index in [-0.39, 0.29) is 0 Å². The average molecular weight is 136 g/mol. The van der Waals surface area contributed by atoms with Crippen molar-refractivity contribution in [2.45, 2.75) is 19.8 Å². The van der Waals surface area contributed by atoms with Crippen LogP contribution in [0, 0.1) is 0 Å². The second kappa shape index (κ2) is 2.55. The van der Waals surface area contributed by atoms with Gasteiger partial charge in [-0.3, -0.25) is 0 Å². The first kappa shape index (κ1) is 6.86. The summed E-state index contributed by atoms with van der Waals surface area (Å²) in [7, 11) is 0. The van der Waals surface area contributed by atoms with Crippen LogP contribution in [0.25, 0.3) is 0 Å². The predicted octanol–water partition coefficient (Wildman–Crippen LogP) is 0.938. The van der Waals surface area contributed by atoms with Crippen molar-refractivity contribution in [3.63, 3.8) is 0 Å². The number of imidazole rings is 1. The maximum Gasteiger partial charge on any atom is 0.318 e. The number of hydrogen-bond acceptors (Lipinski definition) is 1. The molecule has 0 saturated heterocycles. The molecule has 1 aromatic heterocycles. The molecule has 0 aliphatic heterocycles. The lowest BCUT2D eigenvalue weighted by molar-refractivity contribution is 0.832. The maximum absolute atomic E-state index is 4.16. The molecule has 0 aliphatic carbocycles. The average Bonchev–Trinajstić information content (AvgIpc) is 2.14. The highest BCUT2D eigenvalue weighted by Gasteiger charge is 1.98. The lowest BCUT2D eigenvalue weighted by atomic mass is 10.2. The minimum atomic E-state index is 0.534. The van der Waals surface area contributed by atoms with Crippen LogP contribution in [-0.2, 0) is 0 Å². The van der Waals surface area contributed by atoms with Crippen LogP contribution in [0.4, 0.5) is 0 Å². The number of nitrogens with zero attached hydrogens (tertiary/aromatic N) is 2. The van der Waals surface area contributed by atoms with Crippen LogP contribution in [0.15, 0.2) is 12.5 Å². The third-order valence-corrected chi connectivity index (χ3v) is 1.50. The molecular weight excluding hydrogens is 127 g/mol. The zero-order valence-electron chi connectivity index (χ0n) is 5.70. The Labute approximate surface area is 63.5 Å². The van der Waals surface area contributed by atoms with Crippen LogP contribution < -0.4 is 0 Å². The maximum atomic E-state index is 4.16. The van der Waals surface area contributed by atoms with E-state index in [9.17, 15) is 0 Å². The number of aromatic nitrogens is 2. The van der Waals surface area contributed by atoms with Gasteiger partial charge in [0.2, 0.25) is 0 Å². The molecule has 0 atom stereocenters. The molecule has 9 heavy (non-hydrogen) atoms. The van der Waals surface area contributed by atoms with E-state index in [0.717, 1.165) is 5.69 Å². The highest BCUT2D eigenvalue weighted by atomic mass is 27.1. The highest BCUT2D eigenvalue weighted by Crippen LogP contribution is 2.08. The summed E-state index contributed by atoms with van der Waals surface area (Å²) in [6.07, 6.45) is 3.80. The van der Waals surface area contributed by atoms with Crippen LogP contribution in [-0.4, -0.2) is 25.0 Å². The van der Waals surface area contributed by atoms with Crippen LogP contribution in [0.1, 0.15) is 25.5 Å². The van der Waals surface area contributed by atoms with Gasteiger partial charge in [0.15, 0.2) is 0 Å². The first-order chi connectivity index (χ1) is 4.20. The molecule has 1 aromatic rings. The van der Waals surface area contributed by atoms with Gasteiger partial charge >= 0.3 is 16.5 Å². The van der Waals surface area contributed by atoms with E-state index in [2.05, 4.69) is 35.3 Å². The Morgan fingerprint density at radius 2 is 2.33 bits per heavy atom. The zero-order chi connectivity index (χ0) is 6.85. The molecule has 1 heterocycles. The van der Waals surface area contributed by atoms with Crippen molar-refractivity contribution >= 4 is 16.5 Å². The van der Waals surface area contributed by atoms with Crippen LogP contribution in [0.5, 0.6) is 0 Å². The topological polar surface area (TPSA) is 17.8 Å². The Morgan fingerprint density at radius 3 is 2.56 bits per heavy atom. The van der Waals surface area contributed by atoms with Crippen molar-refractivity contribution in [3.05, 3.63) is 18.2 Å². The third-order valence-electron chi connectivity index (χ3n) is 1.21. The summed E-state index contributed by atoms with van der Waals surface area (Å²) in [5.74, 6) is 0.534. The second-order valence-electron chi connectivity index (χ2n) is 2.40. The summed E-state index contributed by atoms with van der Waals surface area (Å²) in [4.78, 5) is 4.16. The predicted molar refractivity (Wildman–Crippen MR) is 37.5 cm³/mol. The molecule has 0 aromatic carbocycles. The smallest absolute Gasteiger partial charge is 0.318 e. The lowest BCUT2D eigenvalue weighted by Crippen LogP contribution is -1.86. The summed E-state index contributed by atoms with van der Waals surface area (Å²) < 4.78 is 1.88. The Kier molecular flexibility index (Phi) is 1.94. The van der Waals surface area contributed by atoms with Gasteiger partial charge in [-0.25, -0.2) is 4.98 Å². The Hall–Kier alpha value is -0.258. The lowest BCUT2D eigenvalue weighted by Gasteiger charge is -1.95. The monoisotopic (exact) mass is 136 g/mol. The van der Waals surface area contributed by atoms with E-state index in [1.807, 2.05) is 9.75 Å². The Balaban J connectivity index is 2.85. The third kappa shape index (κ3) is 1.57. The second-order valence-corrected chi connectivity index (χ2v) is 3.00. The Bertz CT molecular complexity index is 193. The summed E-state index contributed by atoms with van der Waals surface area (Å²) in [6.45, 7) is 4.26. The molecule has 2 radical (unpaired) electrons. The zero-order valence-corrected chi connectivity index (χ0v) is 6.86. The molecule has 46 valence electrons. The van der Waals surface area contributed by atoms with Crippen molar-refractivity contribution in [1.82, 2.24) is 8.53 Å². The Morgan fingerprint density at radius 1 is 1.67 bits per heavy atom. The molecule has 3 heteroatoms. The molecule has 2 nitrogen and oxygen atoms in total. The van der Waals surface area contributed by atoms with E-state index in [0.29, 0.717) is 5.92 Å². The molecule has 0 bridgehead atoms. The van der Waals surface area contributed by atoms with Gasteiger partial charge in [-0.1, -0.05) is 13.8 Å². The first-order valence-electron chi connectivity index (χ1n) is 2.99. The fourth-order valence-electron chi connectivity index (χ4n) is 0.651. The quantitative estimate of drug-likeness (QED) is 0.525. The number of rotatable bonds is 1. The molecule has 0 saturated carbocycles. The molecule has 1 rings (SSSR count). The van der Waals surface area contributed by atoms with E-state index in [4.69, 9.17) is 0 Å². The van der Waals surface area contributed by atoms with Gasteiger partial charge in [-0.2, -0.15) is 0 Å². The molecular formula is C6H9AlN2. The van der Waals surface area contributed by atoms with Crippen LogP contribution >= 0.6 is 0 Å². The molecule has 0 spiro atoms. The van der Waals surface area contributed by atoms with E-state index in [1.165, 1.54) is 0 Å². The first-order valence-corrected chi connectivity index (χ1v) is 3.50. The largest absolute Gasteiger partial charge is 0.448 e. The van der Waals surface area contributed by atoms with Crippen molar-refractivity contribution in [1.29, 1.82) is 0 Å². The van der Waals surface area contributed by atoms with Gasteiger partial charge < -0.3 is 3.55 Å². The van der Waals surface area contributed by atoms with E-state index < -0.39 is 0 Å². The van der Waals surface area contributed by atoms with Gasteiger partial charge in [0, 0.05) is 6.20 Å². The summed E-state index contributed by atoms with van der Waals surface area (Å²) in [5, 5.41) is 0. The highest BCUT2D eigenvalue weighted by molar-refractivity contribution is 6.06. The van der Waals surface area contributed by atoms with Gasteiger partial charge in [0.1, 0.15) is 0 Å². The summed E-state index contributed by atoms with van der Waals surface area (Å²) in [5.41, 5.74) is 1.14. The van der Waals surface area contributed by atoms with Crippen molar-refractivity contribution in [2.24, 2.45) is 0 Å². The van der Waals surface area contributed by atoms with Gasteiger partial charge in [-0.05, 0) is 5.92 Å². The van der Waals surface area contributed by atoms with Crippen LogP contribution in [0.2, 0.25) is 0 Å². The molecule has 0 amide bonds. The minimum absolute atomic E-state index is 0.534. The van der Waals surface area contributed by atoms with Gasteiger partial charge in [0.05, 0.1) is 12.0 Å². The summed E-state index contributed by atoms with van der Waals surface area (Å²) in [6, 6.07) is 0. The van der Waals surface area contributed by atoms with Crippen molar-refractivity contribution in [2.75, 3.05) is 0 Å². The number of hydrogen-bond donors (Lipinski definition) is 0. The minimum Gasteiger partial charge on any atom is -0.448 e. The molecule has 0 unspecified atom stereocenters. The standard InChI is InChI=1S/C6H9N2.Al/c1-5(2)6-3-7-4-8-6;/h3-5H,1-2H3;/q-1;+1. The molecule has 0 N–H and O–H groups in total. The van der Waals surface area contributed by atoms with Crippen molar-refractivity contribution < 1.29 is 0 Å². The summed E-state index contributed by atoms with van der Waals surface area (Å²) >= 11 is 2.55. The van der Waals surface area contributed by atoms with Crippen LogP contribution in [0.3, 0.4) is 0 Å². The van der Waals surface area contributed by atoms with Crippen molar-refractivity contribution in [3.8, 4) is 0 Å². The van der Waals surface area contributed by atoms with Gasteiger partial charge in [0.25, 0.3) is 0 Å². The normalized spacial score (nSPS) is 10.6. The molecule has 0 fully saturated rings. The fourth-order valence-corrected chi connectivity index (χ4v) is 0.870. The fraction of sp³-hybridized carbons (Fsp3) is 0.500. The SMILES string of the molecule is CC(C)c1c[n]([Al])cn1. The van der Waals surface area contributed by atoms with E-state index >= 15 is 0 Å². The molecule has 0 aliphatic rings. The van der Waals surface area contributed by atoms with E-state index in [1.54, 1.807) is 6.33 Å². The van der Waals surface area contributed by atoms with Gasteiger partial charge in [-0.15, -0.1) is 0 Å².